The molecule has 1 fully saturated rings. The summed E-state index contributed by atoms with van der Waals surface area (Å²) in [5.74, 6) is 0. The first kappa shape index (κ1) is 18.6. The van der Waals surface area contributed by atoms with Crippen LogP contribution in [0.15, 0.2) is 23.1 Å². The average Bonchev–Trinajstić information content (AvgIpc) is 2.45. The van der Waals surface area contributed by atoms with E-state index in [1.807, 2.05) is 0 Å². The number of sulfonamides is 1. The molecule has 9 nitrogen and oxygen atoms in total. The van der Waals surface area contributed by atoms with E-state index >= 15 is 0 Å². The highest BCUT2D eigenvalue weighted by Gasteiger charge is 2.27. The van der Waals surface area contributed by atoms with Gasteiger partial charge in [0.25, 0.3) is 5.69 Å². The second kappa shape index (κ2) is 6.65. The van der Waals surface area contributed by atoms with Crippen molar-refractivity contribution < 1.29 is 21.8 Å². The first-order chi connectivity index (χ1) is 11.0. The highest BCUT2D eigenvalue weighted by Crippen LogP contribution is 2.32. The van der Waals surface area contributed by atoms with Gasteiger partial charge in [0, 0.05) is 31.5 Å². The number of hydrogen-bond acceptors (Lipinski definition) is 7. The number of nitrogens with zero attached hydrogens (tertiary/aromatic N) is 2. The molecule has 0 spiro atoms. The molecule has 0 bridgehead atoms. The highest BCUT2D eigenvalue weighted by atomic mass is 32.2. The lowest BCUT2D eigenvalue weighted by Crippen LogP contribution is -2.44. The molecular formula is C13H19N3O6S2. The Labute approximate surface area is 140 Å². The minimum absolute atomic E-state index is 0.105. The molecule has 134 valence electrons. The molecule has 1 aromatic rings. The second-order valence-corrected chi connectivity index (χ2v) is 9.63. The van der Waals surface area contributed by atoms with E-state index < -0.39 is 24.8 Å². The Kier molecular flexibility index (Phi) is 5.16. The van der Waals surface area contributed by atoms with Gasteiger partial charge < -0.3 is 4.90 Å². The van der Waals surface area contributed by atoms with E-state index in [-0.39, 0.29) is 16.6 Å². The largest absolute Gasteiger partial charge is 0.366 e. The summed E-state index contributed by atoms with van der Waals surface area (Å²) in [4.78, 5) is 12.3. The second-order valence-electron chi connectivity index (χ2n) is 5.83. The van der Waals surface area contributed by atoms with Crippen LogP contribution in [0.1, 0.15) is 12.8 Å². The summed E-state index contributed by atoms with van der Waals surface area (Å²) in [6, 6.07) is 3.63. The molecule has 11 heteroatoms. The maximum atomic E-state index is 11.6. The zero-order chi connectivity index (χ0) is 18.1. The Morgan fingerprint density at radius 2 is 1.75 bits per heavy atom. The van der Waals surface area contributed by atoms with Gasteiger partial charge in [-0.05, 0) is 25.0 Å². The molecule has 0 unspecified atom stereocenters. The summed E-state index contributed by atoms with van der Waals surface area (Å²) >= 11 is 0. The number of sulfone groups is 1. The smallest absolute Gasteiger partial charge is 0.293 e. The van der Waals surface area contributed by atoms with Crippen LogP contribution in [-0.4, -0.2) is 53.4 Å². The molecule has 1 N–H and O–H groups in total. The topological polar surface area (TPSA) is 127 Å². The van der Waals surface area contributed by atoms with Gasteiger partial charge in [-0.1, -0.05) is 0 Å². The van der Waals surface area contributed by atoms with Crippen molar-refractivity contribution in [3.8, 4) is 0 Å². The monoisotopic (exact) mass is 377 g/mol. The van der Waals surface area contributed by atoms with E-state index in [4.69, 9.17) is 0 Å². The number of benzene rings is 1. The molecule has 0 aliphatic carbocycles. The SMILES string of the molecule is CS(=O)(=O)NC1CCN(c2ccc(S(C)(=O)=O)cc2[N+](=O)[O-])CC1. The molecule has 0 radical (unpaired) electrons. The van der Waals surface area contributed by atoms with Crippen molar-refractivity contribution in [1.82, 2.24) is 4.72 Å². The summed E-state index contributed by atoms with van der Waals surface area (Å²) in [6.45, 7) is 0.874. The molecule has 1 aliphatic rings. The van der Waals surface area contributed by atoms with Crippen molar-refractivity contribution in [2.75, 3.05) is 30.5 Å². The van der Waals surface area contributed by atoms with E-state index in [1.54, 1.807) is 4.90 Å². The van der Waals surface area contributed by atoms with E-state index in [9.17, 15) is 26.9 Å². The van der Waals surface area contributed by atoms with Crippen molar-refractivity contribution in [1.29, 1.82) is 0 Å². The van der Waals surface area contributed by atoms with E-state index in [0.717, 1.165) is 18.6 Å². The predicted octanol–water partition coefficient (Wildman–Crippen LogP) is 0.516. The number of nitro benzene ring substituents is 1. The third kappa shape index (κ3) is 4.65. The lowest BCUT2D eigenvalue weighted by atomic mass is 10.1. The van der Waals surface area contributed by atoms with Gasteiger partial charge in [-0.3, -0.25) is 10.1 Å². The predicted molar refractivity (Wildman–Crippen MR) is 89.4 cm³/mol. The fourth-order valence-corrected chi connectivity index (χ4v) is 4.17. The summed E-state index contributed by atoms with van der Waals surface area (Å²) in [5, 5.41) is 11.3. The zero-order valence-electron chi connectivity index (χ0n) is 13.3. The van der Waals surface area contributed by atoms with Crippen LogP contribution in [0.3, 0.4) is 0 Å². The zero-order valence-corrected chi connectivity index (χ0v) is 14.9. The first-order valence-electron chi connectivity index (χ1n) is 7.18. The third-order valence-corrected chi connectivity index (χ3v) is 5.66. The van der Waals surface area contributed by atoms with Gasteiger partial charge in [0.05, 0.1) is 16.1 Å². The van der Waals surface area contributed by atoms with Gasteiger partial charge in [0.2, 0.25) is 10.0 Å². The standard InChI is InChI=1S/C13H19N3O6S2/c1-23(19,20)11-3-4-12(13(9-11)16(17)18)15-7-5-10(6-8-15)14-24(2,21)22/h3-4,9-10,14H,5-8H2,1-2H3. The first-order valence-corrected chi connectivity index (χ1v) is 11.0. The van der Waals surface area contributed by atoms with Crippen molar-refractivity contribution in [3.63, 3.8) is 0 Å². The summed E-state index contributed by atoms with van der Waals surface area (Å²) < 4.78 is 48.2. The fourth-order valence-electron chi connectivity index (χ4n) is 2.69. The van der Waals surface area contributed by atoms with Crippen LogP contribution in [0.5, 0.6) is 0 Å². The number of hydrogen-bond donors (Lipinski definition) is 1. The molecule has 1 aliphatic heterocycles. The molecule has 1 aromatic carbocycles. The van der Waals surface area contributed by atoms with Crippen LogP contribution < -0.4 is 9.62 Å². The Bertz CT molecular complexity index is 842. The lowest BCUT2D eigenvalue weighted by Gasteiger charge is -2.33. The number of nitrogens with one attached hydrogen (secondary N) is 1. The van der Waals surface area contributed by atoms with Crippen LogP contribution >= 0.6 is 0 Å². The maximum absolute atomic E-state index is 11.6. The van der Waals surface area contributed by atoms with Gasteiger partial charge in [-0.2, -0.15) is 0 Å². The quantitative estimate of drug-likeness (QED) is 0.585. The van der Waals surface area contributed by atoms with E-state index in [1.165, 1.54) is 12.1 Å². The summed E-state index contributed by atoms with van der Waals surface area (Å²) in [7, 11) is -6.83. The molecule has 0 amide bonds. The van der Waals surface area contributed by atoms with Crippen LogP contribution in [0.2, 0.25) is 0 Å². The molecule has 24 heavy (non-hydrogen) atoms. The molecule has 0 saturated carbocycles. The molecule has 0 atom stereocenters. The minimum atomic E-state index is -3.54. The van der Waals surface area contributed by atoms with Crippen molar-refractivity contribution in [2.24, 2.45) is 0 Å². The highest BCUT2D eigenvalue weighted by molar-refractivity contribution is 7.90. The van der Waals surface area contributed by atoms with Crippen LogP contribution in [0.25, 0.3) is 0 Å². The van der Waals surface area contributed by atoms with Gasteiger partial charge >= 0.3 is 0 Å². The Balaban J connectivity index is 2.23. The van der Waals surface area contributed by atoms with Crippen LogP contribution in [-0.2, 0) is 19.9 Å². The van der Waals surface area contributed by atoms with Crippen molar-refractivity contribution >= 4 is 31.2 Å². The van der Waals surface area contributed by atoms with Gasteiger partial charge in [0.1, 0.15) is 5.69 Å². The van der Waals surface area contributed by atoms with E-state index in [0.29, 0.717) is 31.6 Å². The molecule has 0 aromatic heterocycles. The molecule has 2 rings (SSSR count). The van der Waals surface area contributed by atoms with Gasteiger partial charge in [-0.15, -0.1) is 0 Å². The Morgan fingerprint density at radius 3 is 2.21 bits per heavy atom. The van der Waals surface area contributed by atoms with Gasteiger partial charge in [0.15, 0.2) is 9.84 Å². The fraction of sp³-hybridized carbons (Fsp3) is 0.538. The third-order valence-electron chi connectivity index (χ3n) is 3.79. The number of rotatable bonds is 5. The number of piperidine rings is 1. The van der Waals surface area contributed by atoms with Crippen LogP contribution in [0.4, 0.5) is 11.4 Å². The Morgan fingerprint density at radius 1 is 1.17 bits per heavy atom. The summed E-state index contributed by atoms with van der Waals surface area (Å²) in [5.41, 5.74) is 0.0673. The number of nitro groups is 1. The molecular weight excluding hydrogens is 358 g/mol. The van der Waals surface area contributed by atoms with Crippen molar-refractivity contribution in [2.45, 2.75) is 23.8 Å². The van der Waals surface area contributed by atoms with Crippen molar-refractivity contribution in [3.05, 3.63) is 28.3 Å². The Hall–Kier alpha value is -1.72. The average molecular weight is 377 g/mol. The lowest BCUT2D eigenvalue weighted by molar-refractivity contribution is -0.384. The van der Waals surface area contributed by atoms with Crippen LogP contribution in [0, 0.1) is 10.1 Å². The van der Waals surface area contributed by atoms with E-state index in [2.05, 4.69) is 4.72 Å². The number of anilines is 1. The minimum Gasteiger partial charge on any atom is -0.366 e. The molecule has 1 heterocycles. The summed E-state index contributed by atoms with van der Waals surface area (Å²) in [6.07, 6.45) is 3.11. The normalized spacial score (nSPS) is 17.0. The maximum Gasteiger partial charge on any atom is 0.293 e. The molecule has 1 saturated heterocycles. The van der Waals surface area contributed by atoms with Gasteiger partial charge in [-0.25, -0.2) is 21.6 Å².